The van der Waals surface area contributed by atoms with E-state index >= 15 is 0 Å². The van der Waals surface area contributed by atoms with Gasteiger partial charge in [0.05, 0.1) is 18.3 Å². The highest BCUT2D eigenvalue weighted by molar-refractivity contribution is 7.89. The Morgan fingerprint density at radius 3 is 2.29 bits per heavy atom. The minimum absolute atomic E-state index is 0.0785. The molecule has 7 nitrogen and oxygen atoms in total. The number of alkyl halides is 3. The number of benzene rings is 3. The van der Waals surface area contributed by atoms with Crippen LogP contribution in [0, 0.1) is 23.3 Å². The van der Waals surface area contributed by atoms with Gasteiger partial charge in [-0.25, -0.2) is 40.7 Å². The van der Waals surface area contributed by atoms with Gasteiger partial charge in [-0.2, -0.15) is 13.2 Å². The quantitative estimate of drug-likeness (QED) is 0.196. The smallest absolute Gasteiger partial charge is 0.365 e. The van der Waals surface area contributed by atoms with E-state index in [9.17, 15) is 39.2 Å². The van der Waals surface area contributed by atoms with Crippen LogP contribution in [0.4, 0.5) is 42.2 Å². The molecule has 2 aliphatic rings. The van der Waals surface area contributed by atoms with Gasteiger partial charge >= 0.3 is 6.18 Å². The van der Waals surface area contributed by atoms with E-state index in [-0.39, 0.29) is 13.1 Å². The Bertz CT molecular complexity index is 1820. The van der Waals surface area contributed by atoms with E-state index < -0.39 is 56.0 Å². The number of nitrogens with one attached hydrogen (secondary N) is 1. The lowest BCUT2D eigenvalue weighted by Gasteiger charge is -2.42. The van der Waals surface area contributed by atoms with Gasteiger partial charge in [-0.05, 0) is 17.9 Å². The molecule has 0 aliphatic carbocycles. The number of rotatable bonds is 5. The van der Waals surface area contributed by atoms with Gasteiger partial charge in [0.25, 0.3) is 0 Å². The number of aromatic nitrogens is 2. The lowest BCUT2D eigenvalue weighted by Crippen LogP contribution is -2.60. The molecular formula is C27H20F7N5O2S. The number of nitrogens with zero attached hydrogens (tertiary/aromatic N) is 4. The first-order valence-corrected chi connectivity index (χ1v) is 14.1. The molecule has 1 aromatic heterocycles. The average molecular weight is 612 g/mol. The summed E-state index contributed by atoms with van der Waals surface area (Å²) >= 11 is 0. The molecule has 3 heterocycles. The Morgan fingerprint density at radius 2 is 1.55 bits per heavy atom. The van der Waals surface area contributed by atoms with Crippen LogP contribution in [0.3, 0.4) is 0 Å². The first-order valence-electron chi connectivity index (χ1n) is 12.6. The number of hydrogen-bond donors (Lipinski definition) is 1. The SMILES string of the molecule is O=S(=O)(NC1CN(c2ncnc3c2CCN(c2cccc4ccccc24)C3)C1)c1c(F)c(F)c(F)c(F)c1C(F)(F)F. The molecule has 0 amide bonds. The molecule has 0 unspecified atom stereocenters. The molecule has 4 aromatic rings. The summed E-state index contributed by atoms with van der Waals surface area (Å²) in [6, 6.07) is 12.9. The second kappa shape index (κ2) is 10.1. The lowest BCUT2D eigenvalue weighted by molar-refractivity contribution is -0.143. The van der Waals surface area contributed by atoms with Crippen molar-refractivity contribution in [3.05, 3.63) is 88.9 Å². The zero-order valence-corrected chi connectivity index (χ0v) is 22.2. The van der Waals surface area contributed by atoms with E-state index in [4.69, 9.17) is 0 Å². The van der Waals surface area contributed by atoms with Crippen molar-refractivity contribution in [1.82, 2.24) is 14.7 Å². The molecule has 0 saturated carbocycles. The monoisotopic (exact) mass is 611 g/mol. The topological polar surface area (TPSA) is 78.4 Å². The molecule has 0 bridgehead atoms. The van der Waals surface area contributed by atoms with Crippen molar-refractivity contribution in [2.75, 3.05) is 29.4 Å². The second-order valence-corrected chi connectivity index (χ2v) is 11.6. The van der Waals surface area contributed by atoms with Crippen molar-refractivity contribution < 1.29 is 39.2 Å². The Kier molecular flexibility index (Phi) is 6.76. The lowest BCUT2D eigenvalue weighted by atomic mass is 10.0. The minimum Gasteiger partial charge on any atom is -0.365 e. The molecule has 0 spiro atoms. The van der Waals surface area contributed by atoms with Crippen LogP contribution in [0.1, 0.15) is 16.8 Å². The summed E-state index contributed by atoms with van der Waals surface area (Å²) in [6.45, 7) is 0.951. The Balaban J connectivity index is 1.21. The standard InChI is InChI=1S/C27H20F7N5O2S/c28-21-20(27(32,33)34)25(24(31)23(30)22(21)29)42(40,41)37-15-10-39(11-15)26-17-8-9-38(12-18(17)35-13-36-26)19-7-3-5-14-4-1-2-6-16(14)19/h1-7,13,15,37H,8-12H2. The molecule has 0 radical (unpaired) electrons. The molecule has 0 atom stereocenters. The van der Waals surface area contributed by atoms with Crippen molar-refractivity contribution in [3.63, 3.8) is 0 Å². The van der Waals surface area contributed by atoms with Crippen LogP contribution in [0.5, 0.6) is 0 Å². The van der Waals surface area contributed by atoms with Crippen LogP contribution in [0.25, 0.3) is 10.8 Å². The van der Waals surface area contributed by atoms with Crippen molar-refractivity contribution in [2.45, 2.75) is 30.1 Å². The van der Waals surface area contributed by atoms with E-state index in [1.807, 2.05) is 47.2 Å². The summed E-state index contributed by atoms with van der Waals surface area (Å²) in [7, 11) is -5.46. The Morgan fingerprint density at radius 1 is 0.857 bits per heavy atom. The van der Waals surface area contributed by atoms with Crippen molar-refractivity contribution in [2.24, 2.45) is 0 Å². The van der Waals surface area contributed by atoms with E-state index in [0.717, 1.165) is 27.7 Å². The third-order valence-corrected chi connectivity index (χ3v) is 8.94. The van der Waals surface area contributed by atoms with Crippen LogP contribution in [-0.2, 0) is 29.2 Å². The highest BCUT2D eigenvalue weighted by Gasteiger charge is 2.47. The maximum atomic E-state index is 14.3. The van der Waals surface area contributed by atoms with E-state index in [0.29, 0.717) is 25.3 Å². The summed E-state index contributed by atoms with van der Waals surface area (Å²) < 4.78 is 123. The molecule has 6 rings (SSSR count). The Hall–Kier alpha value is -3.98. The van der Waals surface area contributed by atoms with Gasteiger partial charge in [0, 0.05) is 36.3 Å². The number of hydrogen-bond acceptors (Lipinski definition) is 6. The third kappa shape index (κ3) is 4.69. The fourth-order valence-electron chi connectivity index (χ4n) is 5.42. The third-order valence-electron chi connectivity index (χ3n) is 7.37. The van der Waals surface area contributed by atoms with Crippen LogP contribution >= 0.6 is 0 Å². The number of halogens is 7. The number of sulfonamides is 1. The summed E-state index contributed by atoms with van der Waals surface area (Å²) in [4.78, 5) is 10.2. The highest BCUT2D eigenvalue weighted by Crippen LogP contribution is 2.40. The van der Waals surface area contributed by atoms with Gasteiger partial charge in [-0.15, -0.1) is 0 Å². The Labute approximate surface area is 234 Å². The van der Waals surface area contributed by atoms with E-state index in [2.05, 4.69) is 14.9 Å². The van der Waals surface area contributed by atoms with Gasteiger partial charge in [-0.3, -0.25) is 0 Å². The average Bonchev–Trinajstić information content (AvgIpc) is 2.93. The van der Waals surface area contributed by atoms with Gasteiger partial charge in [0.1, 0.15) is 22.6 Å². The predicted octanol–water partition coefficient (Wildman–Crippen LogP) is 4.93. The largest absolute Gasteiger partial charge is 0.420 e. The predicted molar refractivity (Wildman–Crippen MR) is 138 cm³/mol. The van der Waals surface area contributed by atoms with Gasteiger partial charge in [-0.1, -0.05) is 36.4 Å². The zero-order chi connectivity index (χ0) is 30.0. The first-order chi connectivity index (χ1) is 19.9. The second-order valence-electron chi connectivity index (χ2n) is 9.97. The first kappa shape index (κ1) is 28.2. The normalized spacial score (nSPS) is 16.1. The number of fused-ring (bicyclic) bond motifs is 2. The molecule has 2 aliphatic heterocycles. The molecule has 15 heteroatoms. The molecule has 1 saturated heterocycles. The zero-order valence-electron chi connectivity index (χ0n) is 21.4. The van der Waals surface area contributed by atoms with E-state index in [1.165, 1.54) is 6.33 Å². The van der Waals surface area contributed by atoms with Gasteiger partial charge < -0.3 is 9.80 Å². The molecule has 1 fully saturated rings. The van der Waals surface area contributed by atoms with Gasteiger partial charge in [0.15, 0.2) is 23.3 Å². The fourth-order valence-corrected chi connectivity index (χ4v) is 6.93. The number of anilines is 2. The van der Waals surface area contributed by atoms with Crippen LogP contribution < -0.4 is 14.5 Å². The van der Waals surface area contributed by atoms with Crippen LogP contribution in [0.2, 0.25) is 0 Å². The highest BCUT2D eigenvalue weighted by atomic mass is 32.2. The summed E-state index contributed by atoms with van der Waals surface area (Å²) in [5.74, 6) is -10.4. The van der Waals surface area contributed by atoms with E-state index in [1.54, 1.807) is 4.90 Å². The van der Waals surface area contributed by atoms with Crippen LogP contribution in [-0.4, -0.2) is 44.1 Å². The fraction of sp³-hybridized carbons (Fsp3) is 0.259. The molecule has 42 heavy (non-hydrogen) atoms. The summed E-state index contributed by atoms with van der Waals surface area (Å²) in [5, 5.41) is 2.17. The molecule has 220 valence electrons. The minimum atomic E-state index is -5.82. The van der Waals surface area contributed by atoms with Gasteiger partial charge in [0.2, 0.25) is 10.0 Å². The molecular weight excluding hydrogens is 591 g/mol. The van der Waals surface area contributed by atoms with Crippen LogP contribution in [0.15, 0.2) is 53.7 Å². The van der Waals surface area contributed by atoms with Crippen molar-refractivity contribution in [3.8, 4) is 0 Å². The van der Waals surface area contributed by atoms with Crippen molar-refractivity contribution >= 4 is 32.3 Å². The molecule has 1 N–H and O–H groups in total. The molecule has 3 aromatic carbocycles. The summed E-state index contributed by atoms with van der Waals surface area (Å²) in [5.41, 5.74) is -0.139. The maximum Gasteiger partial charge on any atom is 0.420 e. The van der Waals surface area contributed by atoms with Crippen molar-refractivity contribution in [1.29, 1.82) is 0 Å². The maximum absolute atomic E-state index is 14.3. The summed E-state index contributed by atoms with van der Waals surface area (Å²) in [6.07, 6.45) is -3.92.